The maximum absolute atomic E-state index is 13.0. The van der Waals surface area contributed by atoms with Gasteiger partial charge in [-0.15, -0.1) is 0 Å². The van der Waals surface area contributed by atoms with Crippen molar-refractivity contribution in [2.75, 3.05) is 5.32 Å². The van der Waals surface area contributed by atoms with Gasteiger partial charge >= 0.3 is 0 Å². The number of carbonyl (C=O) groups is 1. The van der Waals surface area contributed by atoms with Gasteiger partial charge in [0.2, 0.25) is 0 Å². The molecule has 0 aliphatic carbocycles. The van der Waals surface area contributed by atoms with Gasteiger partial charge in [-0.3, -0.25) is 9.78 Å². The van der Waals surface area contributed by atoms with Crippen LogP contribution in [0, 0.1) is 13.8 Å². The van der Waals surface area contributed by atoms with Crippen molar-refractivity contribution >= 4 is 22.5 Å². The second-order valence-corrected chi connectivity index (χ2v) is 6.48. The first-order valence-corrected chi connectivity index (χ1v) is 8.24. The first kappa shape index (κ1) is 16.2. The Hall–Kier alpha value is -2.68. The number of amides is 1. The molecule has 0 saturated heterocycles. The second-order valence-electron chi connectivity index (χ2n) is 6.48. The van der Waals surface area contributed by atoms with Gasteiger partial charge in [-0.1, -0.05) is 50.2 Å². The monoisotopic (exact) mass is 318 g/mol. The highest BCUT2D eigenvalue weighted by Gasteiger charge is 2.16. The topological polar surface area (TPSA) is 42.0 Å². The Kier molecular flexibility index (Phi) is 4.34. The predicted octanol–water partition coefficient (Wildman–Crippen LogP) is 5.23. The number of hydrogen-bond acceptors (Lipinski definition) is 2. The van der Waals surface area contributed by atoms with Crippen LogP contribution >= 0.6 is 0 Å². The molecule has 0 aliphatic heterocycles. The number of fused-ring (bicyclic) bond motifs is 1. The molecule has 1 aromatic heterocycles. The quantitative estimate of drug-likeness (QED) is 0.718. The van der Waals surface area contributed by atoms with Gasteiger partial charge in [0.15, 0.2) is 0 Å². The Morgan fingerprint density at radius 1 is 1.04 bits per heavy atom. The van der Waals surface area contributed by atoms with E-state index in [0.717, 1.165) is 33.4 Å². The van der Waals surface area contributed by atoms with Crippen LogP contribution in [0.4, 0.5) is 5.69 Å². The highest BCUT2D eigenvalue weighted by atomic mass is 16.1. The molecule has 0 radical (unpaired) electrons. The fourth-order valence-corrected chi connectivity index (χ4v) is 3.02. The molecular weight excluding hydrogens is 296 g/mol. The smallest absolute Gasteiger partial charge is 0.256 e. The number of carbonyl (C=O) groups excluding carboxylic acids is 1. The van der Waals surface area contributed by atoms with Crippen LogP contribution in [0.25, 0.3) is 10.9 Å². The third-order valence-corrected chi connectivity index (χ3v) is 4.25. The number of nitrogens with one attached hydrogen (secondary N) is 1. The minimum absolute atomic E-state index is 0.0899. The number of hydrogen-bond donors (Lipinski definition) is 1. The molecule has 1 amide bonds. The van der Waals surface area contributed by atoms with Crippen LogP contribution in [-0.4, -0.2) is 10.9 Å². The van der Waals surface area contributed by atoms with Crippen molar-refractivity contribution in [2.45, 2.75) is 33.6 Å². The SMILES string of the molecule is Cc1cc(C(=O)Nc2c(C)cccc2C(C)C)c2ccccc2n1. The van der Waals surface area contributed by atoms with Crippen LogP contribution in [0.3, 0.4) is 0 Å². The minimum Gasteiger partial charge on any atom is -0.321 e. The van der Waals surface area contributed by atoms with E-state index in [-0.39, 0.29) is 5.91 Å². The first-order valence-electron chi connectivity index (χ1n) is 8.24. The minimum atomic E-state index is -0.0899. The van der Waals surface area contributed by atoms with Gasteiger partial charge < -0.3 is 5.32 Å². The average Bonchev–Trinajstić information content (AvgIpc) is 2.55. The summed E-state index contributed by atoms with van der Waals surface area (Å²) in [5.41, 5.74) is 5.49. The number of aromatic nitrogens is 1. The molecule has 3 nitrogen and oxygen atoms in total. The summed E-state index contributed by atoms with van der Waals surface area (Å²) >= 11 is 0. The maximum Gasteiger partial charge on any atom is 0.256 e. The van der Waals surface area contributed by atoms with Crippen LogP contribution in [0.5, 0.6) is 0 Å². The van der Waals surface area contributed by atoms with Crippen LogP contribution in [0.2, 0.25) is 0 Å². The summed E-state index contributed by atoms with van der Waals surface area (Å²) in [6.07, 6.45) is 0. The van der Waals surface area contributed by atoms with Crippen LogP contribution in [0.15, 0.2) is 48.5 Å². The number of benzene rings is 2. The number of pyridine rings is 1. The second kappa shape index (κ2) is 6.44. The van der Waals surface area contributed by atoms with E-state index in [2.05, 4.69) is 30.2 Å². The Labute approximate surface area is 142 Å². The van der Waals surface area contributed by atoms with Crippen LogP contribution in [-0.2, 0) is 0 Å². The van der Waals surface area contributed by atoms with Gasteiger partial charge in [0.05, 0.1) is 11.1 Å². The van der Waals surface area contributed by atoms with Crippen molar-refractivity contribution in [2.24, 2.45) is 0 Å². The Morgan fingerprint density at radius 3 is 2.54 bits per heavy atom. The zero-order valence-corrected chi connectivity index (χ0v) is 14.6. The van der Waals surface area contributed by atoms with Crippen molar-refractivity contribution in [3.05, 3.63) is 70.9 Å². The number of anilines is 1. The largest absolute Gasteiger partial charge is 0.321 e. The number of aryl methyl sites for hydroxylation is 2. The summed E-state index contributed by atoms with van der Waals surface area (Å²) in [6, 6.07) is 15.7. The highest BCUT2D eigenvalue weighted by molar-refractivity contribution is 6.12. The molecule has 0 spiro atoms. The molecule has 2 aromatic carbocycles. The molecule has 3 rings (SSSR count). The lowest BCUT2D eigenvalue weighted by molar-refractivity contribution is 0.102. The Balaban J connectivity index is 2.06. The van der Waals surface area contributed by atoms with E-state index in [0.29, 0.717) is 11.5 Å². The summed E-state index contributed by atoms with van der Waals surface area (Å²) in [5.74, 6) is 0.254. The molecule has 0 fully saturated rings. The zero-order valence-electron chi connectivity index (χ0n) is 14.6. The molecule has 0 saturated carbocycles. The van der Waals surface area contributed by atoms with E-state index < -0.39 is 0 Å². The van der Waals surface area contributed by atoms with Crippen molar-refractivity contribution in [1.82, 2.24) is 4.98 Å². The molecular formula is C21H22N2O. The van der Waals surface area contributed by atoms with Gasteiger partial charge in [-0.2, -0.15) is 0 Å². The average molecular weight is 318 g/mol. The molecule has 122 valence electrons. The third-order valence-electron chi connectivity index (χ3n) is 4.25. The standard InChI is InChI=1S/C21H22N2O/c1-13(2)16-10-7-8-14(3)20(16)23-21(24)18-12-15(4)22-19-11-6-5-9-17(18)19/h5-13H,1-4H3,(H,23,24). The molecule has 24 heavy (non-hydrogen) atoms. The summed E-state index contributed by atoms with van der Waals surface area (Å²) < 4.78 is 0. The predicted molar refractivity (Wildman–Crippen MR) is 99.7 cm³/mol. The summed E-state index contributed by atoms with van der Waals surface area (Å²) in [4.78, 5) is 17.5. The summed E-state index contributed by atoms with van der Waals surface area (Å²) in [6.45, 7) is 8.21. The third kappa shape index (κ3) is 3.02. The fourth-order valence-electron chi connectivity index (χ4n) is 3.02. The maximum atomic E-state index is 13.0. The van der Waals surface area contributed by atoms with Crippen LogP contribution in [0.1, 0.15) is 46.9 Å². The lowest BCUT2D eigenvalue weighted by Gasteiger charge is -2.17. The molecule has 0 aliphatic rings. The molecule has 0 unspecified atom stereocenters. The van der Waals surface area contributed by atoms with Gasteiger partial charge in [0.1, 0.15) is 0 Å². The van der Waals surface area contributed by atoms with E-state index in [4.69, 9.17) is 0 Å². The van der Waals surface area contributed by atoms with Gasteiger partial charge in [0.25, 0.3) is 5.91 Å². The normalized spacial score (nSPS) is 11.0. The van der Waals surface area contributed by atoms with Crippen molar-refractivity contribution in [3.8, 4) is 0 Å². The lowest BCUT2D eigenvalue weighted by Crippen LogP contribution is -2.15. The number of rotatable bonds is 3. The van der Waals surface area contributed by atoms with Gasteiger partial charge in [0, 0.05) is 16.8 Å². The fraction of sp³-hybridized carbons (Fsp3) is 0.238. The highest BCUT2D eigenvalue weighted by Crippen LogP contribution is 2.28. The number of para-hydroxylation sites is 2. The zero-order chi connectivity index (χ0) is 17.3. The summed E-state index contributed by atoms with van der Waals surface area (Å²) in [7, 11) is 0. The molecule has 0 atom stereocenters. The van der Waals surface area contributed by atoms with E-state index >= 15 is 0 Å². The summed E-state index contributed by atoms with van der Waals surface area (Å²) in [5, 5.41) is 4.00. The van der Waals surface area contributed by atoms with E-state index in [1.807, 2.05) is 56.3 Å². The molecule has 1 heterocycles. The molecule has 0 bridgehead atoms. The van der Waals surface area contributed by atoms with E-state index in [9.17, 15) is 4.79 Å². The number of nitrogens with zero attached hydrogens (tertiary/aromatic N) is 1. The van der Waals surface area contributed by atoms with Gasteiger partial charge in [-0.25, -0.2) is 0 Å². The van der Waals surface area contributed by atoms with Crippen molar-refractivity contribution in [3.63, 3.8) is 0 Å². The van der Waals surface area contributed by atoms with E-state index in [1.165, 1.54) is 0 Å². The van der Waals surface area contributed by atoms with Gasteiger partial charge in [-0.05, 0) is 43.0 Å². The molecule has 3 aromatic rings. The van der Waals surface area contributed by atoms with Crippen molar-refractivity contribution < 1.29 is 4.79 Å². The Bertz CT molecular complexity index is 913. The van der Waals surface area contributed by atoms with E-state index in [1.54, 1.807) is 0 Å². The Morgan fingerprint density at radius 2 is 1.79 bits per heavy atom. The molecule has 1 N–H and O–H groups in total. The molecule has 3 heteroatoms. The first-order chi connectivity index (χ1) is 11.5. The van der Waals surface area contributed by atoms with Crippen LogP contribution < -0.4 is 5.32 Å². The van der Waals surface area contributed by atoms with Crippen molar-refractivity contribution in [1.29, 1.82) is 0 Å². The lowest BCUT2D eigenvalue weighted by atomic mass is 9.97.